The van der Waals surface area contributed by atoms with Gasteiger partial charge in [0, 0.05) is 24.8 Å². The van der Waals surface area contributed by atoms with Gasteiger partial charge in [0.15, 0.2) is 5.82 Å². The third kappa shape index (κ3) is 5.33. The molecule has 1 fully saturated rings. The second-order valence-corrected chi connectivity index (χ2v) is 12.3. The number of fused-ring (bicyclic) bond motifs is 2. The molecule has 0 bridgehead atoms. The van der Waals surface area contributed by atoms with E-state index in [4.69, 9.17) is 14.5 Å². The van der Waals surface area contributed by atoms with Gasteiger partial charge in [-0.25, -0.2) is 13.4 Å². The SMILES string of the molecule is COc1ccc(S(=O)(=O)Nc2cccc3[nH]nc(-c4nc5ccc(N6CC(CN(C)C)OCC6C)cc5[nH]4)c23)cc1. The number of nitrogens with zero attached hydrogens (tertiary/aromatic N) is 4. The average Bonchev–Trinajstić information content (AvgIpc) is 3.58. The number of nitrogens with one attached hydrogen (secondary N) is 3. The Bertz CT molecular complexity index is 1800. The normalized spacial score (nSPS) is 17.9. The molecule has 0 saturated carbocycles. The maximum atomic E-state index is 13.2. The van der Waals surface area contributed by atoms with Crippen LogP contribution in [0.4, 0.5) is 11.4 Å². The second kappa shape index (κ2) is 10.7. The number of hydrogen-bond donors (Lipinski definition) is 3. The van der Waals surface area contributed by atoms with Crippen molar-refractivity contribution in [2.75, 3.05) is 50.5 Å². The van der Waals surface area contributed by atoms with Crippen LogP contribution in [0.1, 0.15) is 6.92 Å². The molecule has 0 spiro atoms. The molecule has 1 aliphatic heterocycles. The Hall–Kier alpha value is -4.13. The Kier molecular flexibility index (Phi) is 7.06. The monoisotopic (exact) mass is 575 g/mol. The molecule has 1 saturated heterocycles. The third-order valence-electron chi connectivity index (χ3n) is 7.30. The predicted octanol–water partition coefficient (Wildman–Crippen LogP) is 4.07. The lowest BCUT2D eigenvalue weighted by Gasteiger charge is -2.40. The first-order valence-electron chi connectivity index (χ1n) is 13.4. The van der Waals surface area contributed by atoms with Gasteiger partial charge in [-0.3, -0.25) is 9.82 Å². The van der Waals surface area contributed by atoms with Gasteiger partial charge in [0.25, 0.3) is 10.0 Å². The van der Waals surface area contributed by atoms with Crippen molar-refractivity contribution < 1.29 is 17.9 Å². The van der Waals surface area contributed by atoms with Crippen LogP contribution in [-0.2, 0) is 14.8 Å². The predicted molar refractivity (Wildman–Crippen MR) is 160 cm³/mol. The lowest BCUT2D eigenvalue weighted by molar-refractivity contribution is 0.00880. The number of benzene rings is 3. The molecule has 12 heteroatoms. The molecule has 2 aromatic heterocycles. The van der Waals surface area contributed by atoms with Gasteiger partial charge < -0.3 is 24.3 Å². The molecule has 0 aliphatic carbocycles. The van der Waals surface area contributed by atoms with Gasteiger partial charge in [-0.15, -0.1) is 0 Å². The minimum atomic E-state index is -3.86. The molecule has 2 atom stereocenters. The van der Waals surface area contributed by atoms with E-state index in [9.17, 15) is 8.42 Å². The van der Waals surface area contributed by atoms with Gasteiger partial charge in [0.1, 0.15) is 11.4 Å². The van der Waals surface area contributed by atoms with Crippen molar-refractivity contribution in [2.24, 2.45) is 0 Å². The smallest absolute Gasteiger partial charge is 0.261 e. The van der Waals surface area contributed by atoms with Crippen LogP contribution < -0.4 is 14.4 Å². The third-order valence-corrected chi connectivity index (χ3v) is 8.68. The Balaban J connectivity index is 1.33. The Morgan fingerprint density at radius 2 is 1.93 bits per heavy atom. The summed E-state index contributed by atoms with van der Waals surface area (Å²) in [5.74, 6) is 1.12. The van der Waals surface area contributed by atoms with Gasteiger partial charge in [-0.1, -0.05) is 6.07 Å². The van der Waals surface area contributed by atoms with E-state index < -0.39 is 10.0 Å². The molecule has 41 heavy (non-hydrogen) atoms. The first kappa shape index (κ1) is 27.1. The molecule has 6 rings (SSSR count). The Morgan fingerprint density at radius 1 is 1.12 bits per heavy atom. The van der Waals surface area contributed by atoms with Crippen LogP contribution in [0.5, 0.6) is 5.75 Å². The van der Waals surface area contributed by atoms with Gasteiger partial charge in [0.05, 0.1) is 52.3 Å². The van der Waals surface area contributed by atoms with E-state index >= 15 is 0 Å². The maximum absolute atomic E-state index is 13.2. The number of anilines is 2. The van der Waals surface area contributed by atoms with Gasteiger partial charge in [0.2, 0.25) is 0 Å². The largest absolute Gasteiger partial charge is 0.497 e. The Morgan fingerprint density at radius 3 is 2.68 bits per heavy atom. The van der Waals surface area contributed by atoms with Crippen LogP contribution in [0, 0.1) is 0 Å². The van der Waals surface area contributed by atoms with Crippen molar-refractivity contribution in [1.29, 1.82) is 0 Å². The number of rotatable bonds is 8. The van der Waals surface area contributed by atoms with Crippen LogP contribution >= 0.6 is 0 Å². The van der Waals surface area contributed by atoms with E-state index in [0.29, 0.717) is 40.5 Å². The lowest BCUT2D eigenvalue weighted by Crippen LogP contribution is -2.51. The number of morpholine rings is 1. The molecule has 0 amide bonds. The summed E-state index contributed by atoms with van der Waals surface area (Å²) in [6.45, 7) is 4.49. The number of ether oxygens (including phenoxy) is 2. The summed E-state index contributed by atoms with van der Waals surface area (Å²) in [6, 6.07) is 18.0. The minimum Gasteiger partial charge on any atom is -0.497 e. The van der Waals surface area contributed by atoms with Crippen LogP contribution in [0.15, 0.2) is 65.6 Å². The molecule has 5 aromatic rings. The summed E-state index contributed by atoms with van der Waals surface area (Å²) in [7, 11) is 1.78. The highest BCUT2D eigenvalue weighted by molar-refractivity contribution is 7.92. The van der Waals surface area contributed by atoms with E-state index in [1.54, 1.807) is 24.3 Å². The van der Waals surface area contributed by atoms with Crippen LogP contribution in [-0.4, -0.2) is 86.5 Å². The van der Waals surface area contributed by atoms with Crippen molar-refractivity contribution in [2.45, 2.75) is 24.0 Å². The van der Waals surface area contributed by atoms with E-state index in [1.807, 2.05) is 12.1 Å². The minimum absolute atomic E-state index is 0.127. The zero-order valence-corrected chi connectivity index (χ0v) is 24.2. The number of methoxy groups -OCH3 is 1. The van der Waals surface area contributed by atoms with Crippen molar-refractivity contribution in [3.8, 4) is 17.3 Å². The van der Waals surface area contributed by atoms with Crippen molar-refractivity contribution in [3.05, 3.63) is 60.7 Å². The number of aromatic nitrogens is 4. The molecule has 214 valence electrons. The fourth-order valence-electron chi connectivity index (χ4n) is 5.27. The molecule has 2 unspecified atom stereocenters. The summed E-state index contributed by atoms with van der Waals surface area (Å²) in [5, 5.41) is 8.14. The highest BCUT2D eigenvalue weighted by atomic mass is 32.2. The quantitative estimate of drug-likeness (QED) is 0.253. The highest BCUT2D eigenvalue weighted by Crippen LogP contribution is 2.34. The number of H-pyrrole nitrogens is 2. The van der Waals surface area contributed by atoms with Crippen LogP contribution in [0.25, 0.3) is 33.5 Å². The van der Waals surface area contributed by atoms with Gasteiger partial charge in [-0.2, -0.15) is 5.10 Å². The first-order chi connectivity index (χ1) is 19.7. The summed E-state index contributed by atoms with van der Waals surface area (Å²) in [4.78, 5) is 12.8. The standard InChI is InChI=1S/C29H33N7O4S/c1-18-17-40-21(15-35(2)3)16-36(18)19-8-13-23-26(14-19)31-29(30-23)28-27-24(32-33-28)6-5-7-25(27)34-41(37,38)22-11-9-20(39-4)10-12-22/h5-14,18,21,34H,15-17H2,1-4H3,(H,30,31)(H,32,33). The molecule has 11 nitrogen and oxygen atoms in total. The maximum Gasteiger partial charge on any atom is 0.261 e. The molecule has 3 N–H and O–H groups in total. The van der Waals surface area contributed by atoms with Gasteiger partial charge in [-0.05, 0) is 75.6 Å². The number of aromatic amines is 2. The first-order valence-corrected chi connectivity index (χ1v) is 14.9. The number of hydrogen-bond acceptors (Lipinski definition) is 8. The molecule has 0 radical (unpaired) electrons. The number of likely N-dealkylation sites (N-methyl/N-ethyl adjacent to an activating group) is 1. The van der Waals surface area contributed by atoms with E-state index in [2.05, 4.69) is 62.9 Å². The van der Waals surface area contributed by atoms with E-state index in [0.717, 1.165) is 29.8 Å². The lowest BCUT2D eigenvalue weighted by atomic mass is 10.1. The molecule has 3 aromatic carbocycles. The van der Waals surface area contributed by atoms with E-state index in [1.165, 1.54) is 19.2 Å². The van der Waals surface area contributed by atoms with Crippen molar-refractivity contribution >= 4 is 43.3 Å². The Labute approximate surface area is 238 Å². The fraction of sp³-hybridized carbons (Fsp3) is 0.310. The van der Waals surface area contributed by atoms with Crippen LogP contribution in [0.2, 0.25) is 0 Å². The summed E-state index contributed by atoms with van der Waals surface area (Å²) in [6.07, 6.45) is 0.129. The summed E-state index contributed by atoms with van der Waals surface area (Å²) < 4.78 is 40.4. The van der Waals surface area contributed by atoms with E-state index in [-0.39, 0.29) is 17.0 Å². The molecule has 3 heterocycles. The zero-order chi connectivity index (χ0) is 28.7. The van der Waals surface area contributed by atoms with Crippen molar-refractivity contribution in [3.63, 3.8) is 0 Å². The second-order valence-electron chi connectivity index (χ2n) is 10.6. The topological polar surface area (TPSA) is 128 Å². The zero-order valence-electron chi connectivity index (χ0n) is 23.4. The molecular formula is C29H33N7O4S. The fourth-order valence-corrected chi connectivity index (χ4v) is 6.34. The van der Waals surface area contributed by atoms with Crippen LogP contribution in [0.3, 0.4) is 0 Å². The van der Waals surface area contributed by atoms with Crippen molar-refractivity contribution in [1.82, 2.24) is 25.1 Å². The summed E-state index contributed by atoms with van der Waals surface area (Å²) >= 11 is 0. The number of imidazole rings is 1. The molecule has 1 aliphatic rings. The molecular weight excluding hydrogens is 542 g/mol. The number of sulfonamides is 1. The average molecular weight is 576 g/mol. The summed E-state index contributed by atoms with van der Waals surface area (Å²) in [5.41, 5.74) is 4.36. The highest BCUT2D eigenvalue weighted by Gasteiger charge is 2.27. The van der Waals surface area contributed by atoms with Gasteiger partial charge >= 0.3 is 0 Å².